The lowest BCUT2D eigenvalue weighted by Crippen LogP contribution is -2.15. The maximum atomic E-state index is 11.9. The van der Waals surface area contributed by atoms with Gasteiger partial charge in [-0.1, -0.05) is 0 Å². The topological polar surface area (TPSA) is 85.1 Å². The van der Waals surface area contributed by atoms with Crippen LogP contribution in [0.5, 0.6) is 0 Å². The predicted molar refractivity (Wildman–Crippen MR) is 63.1 cm³/mol. The predicted octanol–water partition coefficient (Wildman–Crippen LogP) is 0.707. The Kier molecular flexibility index (Phi) is 3.80. The van der Waals surface area contributed by atoms with E-state index in [1.165, 1.54) is 12.1 Å². The van der Waals surface area contributed by atoms with E-state index < -0.39 is 15.7 Å². The molecule has 0 bridgehead atoms. The molecule has 2 heterocycles. The van der Waals surface area contributed by atoms with Gasteiger partial charge in [-0.25, -0.2) is 4.98 Å². The highest BCUT2D eigenvalue weighted by Crippen LogP contribution is 2.15. The molecule has 1 aliphatic heterocycles. The summed E-state index contributed by atoms with van der Waals surface area (Å²) in [5.74, 6) is 0.977. The van der Waals surface area contributed by atoms with E-state index in [2.05, 4.69) is 10.3 Å². The third kappa shape index (κ3) is 3.07. The highest BCUT2D eigenvalue weighted by Gasteiger charge is 2.19. The number of pyridine rings is 1. The van der Waals surface area contributed by atoms with Gasteiger partial charge in [0, 0.05) is 11.8 Å². The fourth-order valence-corrected chi connectivity index (χ4v) is 3.04. The first-order valence-corrected chi connectivity index (χ1v) is 6.68. The van der Waals surface area contributed by atoms with E-state index in [9.17, 15) is 14.3 Å². The first-order chi connectivity index (χ1) is 8.16. The van der Waals surface area contributed by atoms with Crippen LogP contribution in [0.4, 0.5) is 5.69 Å². The fraction of sp³-hybridized carbons (Fsp3) is 0.500. The zero-order chi connectivity index (χ0) is 12.3. The second kappa shape index (κ2) is 5.33. The van der Waals surface area contributed by atoms with Gasteiger partial charge in [-0.15, -0.1) is 0 Å². The molecular weight excluding hydrogens is 242 g/mol. The summed E-state index contributed by atoms with van der Waals surface area (Å²) in [5.41, 5.74) is -0.0757. The van der Waals surface area contributed by atoms with Crippen LogP contribution >= 0.6 is 0 Å². The van der Waals surface area contributed by atoms with E-state index in [1.54, 1.807) is 0 Å². The Labute approximate surface area is 101 Å². The summed E-state index contributed by atoms with van der Waals surface area (Å²) in [6, 6.07) is 2.81. The second-order valence-electron chi connectivity index (χ2n) is 3.98. The van der Waals surface area contributed by atoms with Crippen LogP contribution in [-0.4, -0.2) is 33.0 Å². The van der Waals surface area contributed by atoms with E-state index in [-0.39, 0.29) is 5.69 Å². The summed E-state index contributed by atoms with van der Waals surface area (Å²) in [6.45, 7) is 1.86. The van der Waals surface area contributed by atoms with E-state index in [0.29, 0.717) is 16.7 Å². The zero-order valence-electron chi connectivity index (χ0n) is 9.17. The molecule has 2 rings (SSSR count). The third-order valence-electron chi connectivity index (χ3n) is 2.71. The van der Waals surface area contributed by atoms with Crippen molar-refractivity contribution < 1.29 is 9.13 Å². The first kappa shape index (κ1) is 12.1. The van der Waals surface area contributed by atoms with Crippen LogP contribution in [0.25, 0.3) is 0 Å². The van der Waals surface area contributed by atoms with Crippen LogP contribution in [0.15, 0.2) is 23.4 Å². The van der Waals surface area contributed by atoms with Gasteiger partial charge in [0.05, 0.1) is 15.7 Å². The van der Waals surface area contributed by atoms with Crippen LogP contribution in [0.2, 0.25) is 0 Å². The molecule has 7 heteroatoms. The lowest BCUT2D eigenvalue weighted by Gasteiger charge is -2.06. The Morgan fingerprint density at radius 3 is 2.94 bits per heavy atom. The zero-order valence-corrected chi connectivity index (χ0v) is 9.98. The molecule has 1 saturated heterocycles. The van der Waals surface area contributed by atoms with E-state index >= 15 is 0 Å². The van der Waals surface area contributed by atoms with Crippen molar-refractivity contribution >= 4 is 16.5 Å². The summed E-state index contributed by atoms with van der Waals surface area (Å²) in [5, 5.41) is 14.1. The molecule has 2 atom stereocenters. The van der Waals surface area contributed by atoms with Crippen LogP contribution in [0, 0.1) is 16.0 Å². The standard InChI is InChI=1S/C10H13N3O3S/c14-13(15)9-1-2-10(12-6-9)17(16)7-8-3-4-11-5-8/h1-2,6,8,11H,3-5,7H2/t8-,17-/m0/s1. The smallest absolute Gasteiger partial charge is 0.287 e. The number of nitrogens with zero attached hydrogens (tertiary/aromatic N) is 2. The molecule has 0 aromatic carbocycles. The van der Waals surface area contributed by atoms with Crippen molar-refractivity contribution in [2.45, 2.75) is 11.4 Å². The van der Waals surface area contributed by atoms with Crippen molar-refractivity contribution in [2.75, 3.05) is 18.8 Å². The van der Waals surface area contributed by atoms with Gasteiger partial charge in [0.1, 0.15) is 11.2 Å². The van der Waals surface area contributed by atoms with E-state index in [4.69, 9.17) is 0 Å². The molecule has 17 heavy (non-hydrogen) atoms. The van der Waals surface area contributed by atoms with Gasteiger partial charge in [0.15, 0.2) is 0 Å². The van der Waals surface area contributed by atoms with Crippen molar-refractivity contribution in [3.63, 3.8) is 0 Å². The normalized spacial score (nSPS) is 21.3. The molecule has 1 aromatic heterocycles. The first-order valence-electron chi connectivity index (χ1n) is 5.36. The lowest BCUT2D eigenvalue weighted by molar-refractivity contribution is -0.385. The van der Waals surface area contributed by atoms with Gasteiger partial charge in [-0.2, -0.15) is 0 Å². The summed E-state index contributed by atoms with van der Waals surface area (Å²) in [4.78, 5) is 13.8. The van der Waals surface area contributed by atoms with Crippen molar-refractivity contribution in [1.29, 1.82) is 0 Å². The molecule has 92 valence electrons. The highest BCUT2D eigenvalue weighted by molar-refractivity contribution is 7.84. The number of hydrogen-bond acceptors (Lipinski definition) is 5. The van der Waals surface area contributed by atoms with Gasteiger partial charge in [0.2, 0.25) is 0 Å². The number of nitro groups is 1. The van der Waals surface area contributed by atoms with Crippen molar-refractivity contribution in [3.05, 3.63) is 28.4 Å². The molecule has 1 aromatic rings. The Balaban J connectivity index is 2.01. The Morgan fingerprint density at radius 1 is 1.59 bits per heavy atom. The molecule has 0 spiro atoms. The van der Waals surface area contributed by atoms with Gasteiger partial charge in [0.25, 0.3) is 5.69 Å². The molecule has 1 N–H and O–H groups in total. The number of nitrogens with one attached hydrogen (secondary N) is 1. The molecule has 0 aliphatic carbocycles. The van der Waals surface area contributed by atoms with Gasteiger partial charge < -0.3 is 5.32 Å². The monoisotopic (exact) mass is 255 g/mol. The van der Waals surface area contributed by atoms with Crippen molar-refractivity contribution in [3.8, 4) is 0 Å². The molecule has 1 aliphatic rings. The SMILES string of the molecule is O=[N+]([O-])c1ccc([S@@](=O)C[C@H]2CCNC2)nc1. The minimum Gasteiger partial charge on any atom is -0.316 e. The summed E-state index contributed by atoms with van der Waals surface area (Å²) in [7, 11) is -1.17. The van der Waals surface area contributed by atoms with Crippen LogP contribution in [0.1, 0.15) is 6.42 Å². The fourth-order valence-electron chi connectivity index (χ4n) is 1.77. The molecule has 6 nitrogen and oxygen atoms in total. The van der Waals surface area contributed by atoms with E-state index in [0.717, 1.165) is 25.7 Å². The molecular formula is C10H13N3O3S. The highest BCUT2D eigenvalue weighted by atomic mass is 32.2. The maximum absolute atomic E-state index is 11.9. The Morgan fingerprint density at radius 2 is 2.41 bits per heavy atom. The van der Waals surface area contributed by atoms with Gasteiger partial charge >= 0.3 is 0 Å². The maximum Gasteiger partial charge on any atom is 0.287 e. The lowest BCUT2D eigenvalue weighted by atomic mass is 10.2. The Hall–Kier alpha value is -1.34. The minimum absolute atomic E-state index is 0.0757. The molecule has 0 amide bonds. The summed E-state index contributed by atoms with van der Waals surface area (Å²) >= 11 is 0. The second-order valence-corrected chi connectivity index (χ2v) is 5.43. The summed E-state index contributed by atoms with van der Waals surface area (Å²) < 4.78 is 11.9. The average molecular weight is 255 g/mol. The minimum atomic E-state index is -1.17. The van der Waals surface area contributed by atoms with Gasteiger partial charge in [-0.05, 0) is 31.5 Å². The van der Waals surface area contributed by atoms with E-state index in [1.807, 2.05) is 0 Å². The van der Waals surface area contributed by atoms with Crippen LogP contribution in [0.3, 0.4) is 0 Å². The quantitative estimate of drug-likeness (QED) is 0.632. The summed E-state index contributed by atoms with van der Waals surface area (Å²) in [6.07, 6.45) is 2.18. The molecule has 0 unspecified atom stereocenters. The molecule has 0 saturated carbocycles. The van der Waals surface area contributed by atoms with Crippen LogP contribution < -0.4 is 5.32 Å². The largest absolute Gasteiger partial charge is 0.316 e. The van der Waals surface area contributed by atoms with Crippen molar-refractivity contribution in [2.24, 2.45) is 5.92 Å². The number of aromatic nitrogens is 1. The molecule has 0 radical (unpaired) electrons. The van der Waals surface area contributed by atoms with Crippen molar-refractivity contribution in [1.82, 2.24) is 10.3 Å². The number of rotatable bonds is 4. The van der Waals surface area contributed by atoms with Gasteiger partial charge in [-0.3, -0.25) is 14.3 Å². The van der Waals surface area contributed by atoms with Crippen LogP contribution in [-0.2, 0) is 10.8 Å². The third-order valence-corrected chi connectivity index (χ3v) is 4.20. The molecule has 1 fully saturated rings. The number of hydrogen-bond donors (Lipinski definition) is 1. The average Bonchev–Trinajstić information content (AvgIpc) is 2.82. The Bertz CT molecular complexity index is 429.